The molecule has 1 nitrogen and oxygen atoms in total. The van der Waals surface area contributed by atoms with E-state index >= 15 is 0 Å². The van der Waals surface area contributed by atoms with Gasteiger partial charge in [0.2, 0.25) is 0 Å². The number of hydrogen-bond donors (Lipinski definition) is 0. The largest absolute Gasteiger partial charge is 0.291 e. The Hall–Kier alpha value is 0.0200. The van der Waals surface area contributed by atoms with Crippen LogP contribution in [0.5, 0.6) is 0 Å². The maximum Gasteiger partial charge on any atom is 0.176 e. The summed E-state index contributed by atoms with van der Waals surface area (Å²) in [6.45, 7) is 6.02. The Morgan fingerprint density at radius 3 is 1.86 bits per heavy atom. The van der Waals surface area contributed by atoms with Crippen LogP contribution in [0.1, 0.15) is 20.8 Å². The van der Waals surface area contributed by atoms with E-state index in [1.165, 1.54) is 11.8 Å². The summed E-state index contributed by atoms with van der Waals surface area (Å²) in [5, 5.41) is 0. The lowest BCUT2D eigenvalue weighted by Crippen LogP contribution is -2.06. The van der Waals surface area contributed by atoms with Gasteiger partial charge in [-0.25, -0.2) is 0 Å². The third kappa shape index (κ3) is 6.02. The van der Waals surface area contributed by atoms with Gasteiger partial charge in [0.05, 0.1) is 0 Å². The van der Waals surface area contributed by atoms with Gasteiger partial charge in [-0.05, 0) is 0 Å². The molecule has 0 aromatic heterocycles. The summed E-state index contributed by atoms with van der Waals surface area (Å²) in [5.74, 6) is 0. The van der Waals surface area contributed by atoms with Crippen LogP contribution >= 0.6 is 11.8 Å². The first-order valence-corrected chi connectivity index (χ1v) is 3.06. The molecule has 0 aromatic rings. The zero-order valence-electron chi connectivity index (χ0n) is 4.89. The summed E-state index contributed by atoms with van der Waals surface area (Å²) in [7, 11) is 0. The number of thioether (sulfide) groups is 1. The van der Waals surface area contributed by atoms with Crippen molar-refractivity contribution in [2.75, 3.05) is 0 Å². The Labute approximate surface area is 48.5 Å². The molecule has 0 rings (SSSR count). The highest BCUT2D eigenvalue weighted by molar-refractivity contribution is 8.13. The number of carbonyl (C=O) groups is 1. The zero-order chi connectivity index (χ0) is 5.91. The van der Waals surface area contributed by atoms with Crippen LogP contribution in [-0.4, -0.2) is 10.4 Å². The molecule has 0 amide bonds. The quantitative estimate of drug-likeness (QED) is 0.487. The molecule has 0 aromatic carbocycles. The van der Waals surface area contributed by atoms with Gasteiger partial charge in [0.15, 0.2) is 5.62 Å². The summed E-state index contributed by atoms with van der Waals surface area (Å²) in [6, 6.07) is 0. The molecule has 0 saturated carbocycles. The van der Waals surface area contributed by atoms with Crippen molar-refractivity contribution in [2.45, 2.75) is 25.5 Å². The molecule has 0 atom stereocenters. The monoisotopic (exact) mass is 118 g/mol. The van der Waals surface area contributed by atoms with Gasteiger partial charge in [-0.2, -0.15) is 0 Å². The molecule has 0 aliphatic rings. The van der Waals surface area contributed by atoms with Crippen LogP contribution in [-0.2, 0) is 4.79 Å². The van der Waals surface area contributed by atoms with Crippen LogP contribution in [0, 0.1) is 0 Å². The van der Waals surface area contributed by atoms with Crippen molar-refractivity contribution in [3.63, 3.8) is 0 Å². The van der Waals surface area contributed by atoms with E-state index in [0.29, 0.717) is 0 Å². The van der Waals surface area contributed by atoms with E-state index in [0.717, 1.165) is 5.62 Å². The molecule has 0 aliphatic heterocycles. The van der Waals surface area contributed by atoms with Crippen LogP contribution in [0.2, 0.25) is 0 Å². The first kappa shape index (κ1) is 7.02. The molecular formula is C5H10OS. The predicted octanol–water partition coefficient (Wildman–Crippen LogP) is 1.71. The van der Waals surface area contributed by atoms with Gasteiger partial charge in [0, 0.05) is 4.75 Å². The zero-order valence-corrected chi connectivity index (χ0v) is 5.71. The van der Waals surface area contributed by atoms with Gasteiger partial charge in [-0.3, -0.25) is 4.79 Å². The molecule has 7 heavy (non-hydrogen) atoms. The minimum Gasteiger partial charge on any atom is -0.291 e. The second-order valence-corrected chi connectivity index (χ2v) is 3.98. The van der Waals surface area contributed by atoms with E-state index in [-0.39, 0.29) is 4.75 Å². The van der Waals surface area contributed by atoms with E-state index in [1.807, 2.05) is 20.8 Å². The highest BCUT2D eigenvalue weighted by atomic mass is 32.2. The average Bonchev–Trinajstić information content (AvgIpc) is 1.30. The summed E-state index contributed by atoms with van der Waals surface area (Å²) in [5.41, 5.74) is 0.875. The van der Waals surface area contributed by atoms with E-state index in [2.05, 4.69) is 0 Å². The van der Waals surface area contributed by atoms with Crippen molar-refractivity contribution in [2.24, 2.45) is 0 Å². The van der Waals surface area contributed by atoms with Gasteiger partial charge in [-0.15, -0.1) is 0 Å². The molecule has 0 bridgehead atoms. The van der Waals surface area contributed by atoms with Crippen molar-refractivity contribution < 1.29 is 4.79 Å². The summed E-state index contributed by atoms with van der Waals surface area (Å²) >= 11 is 1.31. The van der Waals surface area contributed by atoms with E-state index in [4.69, 9.17) is 0 Å². The standard InChI is InChI=1S/C5H10OS/c1-5(2,3)7-4-6/h4H,1-3H3. The summed E-state index contributed by atoms with van der Waals surface area (Å²) < 4.78 is 0.0990. The fraction of sp³-hybridized carbons (Fsp3) is 0.800. The van der Waals surface area contributed by atoms with Gasteiger partial charge in [-0.1, -0.05) is 32.5 Å². The molecule has 2 heteroatoms. The van der Waals surface area contributed by atoms with Crippen molar-refractivity contribution in [1.29, 1.82) is 0 Å². The van der Waals surface area contributed by atoms with Gasteiger partial charge >= 0.3 is 0 Å². The lowest BCUT2D eigenvalue weighted by molar-refractivity contribution is 0.569. The fourth-order valence-corrected chi connectivity index (χ4v) is 0.433. The minimum absolute atomic E-state index is 0.0990. The molecule has 0 fully saturated rings. The van der Waals surface area contributed by atoms with Crippen molar-refractivity contribution in [1.82, 2.24) is 0 Å². The fourth-order valence-electron chi connectivity index (χ4n) is 0.144. The topological polar surface area (TPSA) is 17.1 Å². The molecule has 0 saturated heterocycles. The lowest BCUT2D eigenvalue weighted by Gasteiger charge is -2.10. The maximum absolute atomic E-state index is 9.78. The third-order valence-electron chi connectivity index (χ3n) is 0.402. The van der Waals surface area contributed by atoms with E-state index in [1.54, 1.807) is 0 Å². The van der Waals surface area contributed by atoms with Crippen molar-refractivity contribution in [3.05, 3.63) is 0 Å². The number of rotatable bonds is 1. The summed E-state index contributed by atoms with van der Waals surface area (Å²) in [6.07, 6.45) is 0. The first-order chi connectivity index (χ1) is 3.06. The van der Waals surface area contributed by atoms with Gasteiger partial charge in [0.25, 0.3) is 0 Å². The molecule has 0 aliphatic carbocycles. The van der Waals surface area contributed by atoms with Crippen molar-refractivity contribution >= 4 is 17.4 Å². The molecule has 0 spiro atoms. The SMILES string of the molecule is CC(C)(C)SC=O. The van der Waals surface area contributed by atoms with Crippen LogP contribution in [0.15, 0.2) is 0 Å². The molecule has 0 radical (unpaired) electrons. The van der Waals surface area contributed by atoms with Crippen LogP contribution in [0.25, 0.3) is 0 Å². The lowest BCUT2D eigenvalue weighted by atomic mass is 10.3. The number of hydrogen-bond acceptors (Lipinski definition) is 2. The highest BCUT2D eigenvalue weighted by Gasteiger charge is 2.07. The summed E-state index contributed by atoms with van der Waals surface area (Å²) in [4.78, 5) is 9.78. The van der Waals surface area contributed by atoms with Crippen LogP contribution in [0.4, 0.5) is 0 Å². The predicted molar refractivity (Wildman–Crippen MR) is 34.1 cm³/mol. The molecule has 42 valence electrons. The number of carbonyl (C=O) groups excluding carboxylic acids is 1. The third-order valence-corrected chi connectivity index (χ3v) is 1.20. The van der Waals surface area contributed by atoms with Crippen molar-refractivity contribution in [3.8, 4) is 0 Å². The Morgan fingerprint density at radius 2 is 1.86 bits per heavy atom. The Kier molecular flexibility index (Phi) is 2.37. The Morgan fingerprint density at radius 1 is 1.43 bits per heavy atom. The maximum atomic E-state index is 9.78. The molecule has 0 N–H and O–H groups in total. The van der Waals surface area contributed by atoms with Crippen LogP contribution in [0.3, 0.4) is 0 Å². The molecule has 0 unspecified atom stereocenters. The Balaban J connectivity index is 3.34. The van der Waals surface area contributed by atoms with Crippen LogP contribution < -0.4 is 0 Å². The first-order valence-electron chi connectivity index (χ1n) is 2.18. The van der Waals surface area contributed by atoms with E-state index < -0.39 is 0 Å². The van der Waals surface area contributed by atoms with E-state index in [9.17, 15) is 4.79 Å². The smallest absolute Gasteiger partial charge is 0.176 e. The highest BCUT2D eigenvalue weighted by Crippen LogP contribution is 2.19. The normalized spacial score (nSPS) is 11.3. The molecular weight excluding hydrogens is 108 g/mol. The average molecular weight is 118 g/mol. The second kappa shape index (κ2) is 2.36. The van der Waals surface area contributed by atoms with Gasteiger partial charge < -0.3 is 0 Å². The minimum atomic E-state index is 0.0990. The van der Waals surface area contributed by atoms with Gasteiger partial charge in [0.1, 0.15) is 0 Å². The second-order valence-electron chi connectivity index (χ2n) is 2.33. The Bertz CT molecular complexity index is 63.0. The molecule has 0 heterocycles.